The molecule has 0 saturated heterocycles. The van der Waals surface area contributed by atoms with Crippen LogP contribution in [0.4, 0.5) is 0 Å². The second kappa shape index (κ2) is 2.92. The maximum atomic E-state index is 9.30. The molecule has 0 saturated carbocycles. The van der Waals surface area contributed by atoms with Crippen molar-refractivity contribution in [3.05, 3.63) is 23.3 Å². The third kappa shape index (κ3) is 1.47. The van der Waals surface area contributed by atoms with Gasteiger partial charge in [0.05, 0.1) is 13.6 Å². The van der Waals surface area contributed by atoms with Crippen LogP contribution in [0.2, 0.25) is 0 Å². The number of hydrogen-bond donors (Lipinski definition) is 3. The van der Waals surface area contributed by atoms with E-state index in [4.69, 9.17) is 0 Å². The van der Waals surface area contributed by atoms with Gasteiger partial charge in [-0.2, -0.15) is 0 Å². The summed E-state index contributed by atoms with van der Waals surface area (Å²) in [6.45, 7) is 2.03. The number of nitrogens with one attached hydrogen (secondary N) is 1. The Kier molecular flexibility index (Phi) is 1.88. The van der Waals surface area contributed by atoms with Crippen molar-refractivity contribution in [2.24, 2.45) is 0 Å². The molecular formula is C10H14NO2+. The van der Waals surface area contributed by atoms with E-state index in [0.717, 1.165) is 25.1 Å². The van der Waals surface area contributed by atoms with Gasteiger partial charge in [-0.05, 0) is 17.7 Å². The van der Waals surface area contributed by atoms with Gasteiger partial charge in [0.1, 0.15) is 6.54 Å². The van der Waals surface area contributed by atoms with Crippen LogP contribution in [0.15, 0.2) is 12.1 Å². The summed E-state index contributed by atoms with van der Waals surface area (Å²) in [6, 6.07) is 3.35. The van der Waals surface area contributed by atoms with E-state index in [0.29, 0.717) is 0 Å². The minimum Gasteiger partial charge on any atom is -0.504 e. The molecule has 0 aliphatic carbocycles. The zero-order chi connectivity index (χ0) is 9.42. The first-order valence-corrected chi connectivity index (χ1v) is 4.52. The van der Waals surface area contributed by atoms with Crippen molar-refractivity contribution in [3.63, 3.8) is 0 Å². The molecule has 70 valence electrons. The molecule has 3 N–H and O–H groups in total. The predicted octanol–water partition coefficient (Wildman–Crippen LogP) is -0.331. The Bertz CT molecular complexity index is 336. The third-order valence-corrected chi connectivity index (χ3v) is 2.61. The first kappa shape index (κ1) is 8.38. The monoisotopic (exact) mass is 180 g/mol. The lowest BCUT2D eigenvalue weighted by atomic mass is 9.99. The van der Waals surface area contributed by atoms with Gasteiger partial charge in [-0.25, -0.2) is 0 Å². The van der Waals surface area contributed by atoms with Crippen LogP contribution in [0, 0.1) is 0 Å². The van der Waals surface area contributed by atoms with Gasteiger partial charge in [0.25, 0.3) is 0 Å². The van der Waals surface area contributed by atoms with E-state index in [1.54, 1.807) is 12.1 Å². The topological polar surface area (TPSA) is 44.9 Å². The van der Waals surface area contributed by atoms with Crippen molar-refractivity contribution in [2.45, 2.75) is 13.0 Å². The van der Waals surface area contributed by atoms with Crippen LogP contribution in [-0.2, 0) is 13.0 Å². The number of likely N-dealkylation sites (N-methyl/N-ethyl adjacent to an activating group) is 1. The normalized spacial score (nSPS) is 21.2. The van der Waals surface area contributed by atoms with Crippen molar-refractivity contribution in [1.82, 2.24) is 0 Å². The Morgan fingerprint density at radius 1 is 1.15 bits per heavy atom. The molecule has 3 nitrogen and oxygen atoms in total. The maximum absolute atomic E-state index is 9.30. The number of phenolic OH excluding ortho intramolecular Hbond substituents is 2. The zero-order valence-electron chi connectivity index (χ0n) is 7.67. The maximum Gasteiger partial charge on any atom is 0.157 e. The molecule has 13 heavy (non-hydrogen) atoms. The van der Waals surface area contributed by atoms with Gasteiger partial charge in [-0.1, -0.05) is 0 Å². The van der Waals surface area contributed by atoms with Crippen molar-refractivity contribution in [3.8, 4) is 11.5 Å². The van der Waals surface area contributed by atoms with Crippen molar-refractivity contribution >= 4 is 0 Å². The van der Waals surface area contributed by atoms with Crippen molar-refractivity contribution in [2.75, 3.05) is 13.6 Å². The van der Waals surface area contributed by atoms with E-state index in [9.17, 15) is 10.2 Å². The highest BCUT2D eigenvalue weighted by atomic mass is 16.3. The lowest BCUT2D eigenvalue weighted by Crippen LogP contribution is -3.08. The first-order chi connectivity index (χ1) is 6.16. The molecule has 1 aliphatic heterocycles. The summed E-state index contributed by atoms with van der Waals surface area (Å²) < 4.78 is 0. The van der Waals surface area contributed by atoms with Crippen molar-refractivity contribution < 1.29 is 15.1 Å². The molecule has 1 aromatic carbocycles. The fourth-order valence-electron chi connectivity index (χ4n) is 1.82. The number of fused-ring (bicyclic) bond motifs is 1. The summed E-state index contributed by atoms with van der Waals surface area (Å²) in [7, 11) is 2.13. The molecule has 0 amide bonds. The van der Waals surface area contributed by atoms with Gasteiger partial charge >= 0.3 is 0 Å². The number of rotatable bonds is 0. The van der Waals surface area contributed by atoms with E-state index >= 15 is 0 Å². The average Bonchev–Trinajstić information content (AvgIpc) is 2.08. The van der Waals surface area contributed by atoms with Gasteiger partial charge < -0.3 is 15.1 Å². The molecule has 1 unspecified atom stereocenters. The molecule has 0 radical (unpaired) electrons. The quantitative estimate of drug-likeness (QED) is 0.479. The molecule has 0 aromatic heterocycles. The third-order valence-electron chi connectivity index (χ3n) is 2.61. The molecule has 0 spiro atoms. The van der Waals surface area contributed by atoms with Crippen LogP contribution >= 0.6 is 0 Å². The summed E-state index contributed by atoms with van der Waals surface area (Å²) >= 11 is 0. The average molecular weight is 180 g/mol. The van der Waals surface area contributed by atoms with Crippen LogP contribution in [-0.4, -0.2) is 23.8 Å². The Morgan fingerprint density at radius 2 is 1.77 bits per heavy atom. The minimum atomic E-state index is -0.00606. The summed E-state index contributed by atoms with van der Waals surface area (Å²) in [5.74, 6) is -0.00764. The van der Waals surface area contributed by atoms with E-state index in [1.807, 2.05) is 0 Å². The van der Waals surface area contributed by atoms with E-state index in [1.165, 1.54) is 10.5 Å². The van der Waals surface area contributed by atoms with Crippen LogP contribution in [0.25, 0.3) is 0 Å². The van der Waals surface area contributed by atoms with E-state index < -0.39 is 0 Å². The molecule has 0 fully saturated rings. The Balaban J connectivity index is 2.43. The number of benzene rings is 1. The highest BCUT2D eigenvalue weighted by Crippen LogP contribution is 2.28. The van der Waals surface area contributed by atoms with Crippen molar-refractivity contribution in [1.29, 1.82) is 0 Å². The lowest BCUT2D eigenvalue weighted by Gasteiger charge is -2.22. The standard InChI is InChI=1S/C10H13NO2/c1-11-3-2-7-4-9(12)10(13)5-8(7)6-11/h4-5,12-13H,2-3,6H2,1H3/p+1. The fourth-order valence-corrected chi connectivity index (χ4v) is 1.82. The molecule has 1 atom stereocenters. The minimum absolute atomic E-state index is 0.00157. The highest BCUT2D eigenvalue weighted by molar-refractivity contribution is 5.45. The smallest absolute Gasteiger partial charge is 0.157 e. The van der Waals surface area contributed by atoms with E-state index in [-0.39, 0.29) is 11.5 Å². The predicted molar refractivity (Wildman–Crippen MR) is 48.9 cm³/mol. The van der Waals surface area contributed by atoms with Crippen LogP contribution in [0.5, 0.6) is 11.5 Å². The molecule has 1 aliphatic rings. The summed E-state index contributed by atoms with van der Waals surface area (Å²) in [5, 5.41) is 18.6. The highest BCUT2D eigenvalue weighted by Gasteiger charge is 2.17. The molecule has 1 heterocycles. The van der Waals surface area contributed by atoms with Gasteiger partial charge in [0, 0.05) is 12.0 Å². The zero-order valence-corrected chi connectivity index (χ0v) is 7.67. The van der Waals surface area contributed by atoms with Gasteiger partial charge in [-0.15, -0.1) is 0 Å². The van der Waals surface area contributed by atoms with Gasteiger partial charge in [0.15, 0.2) is 11.5 Å². The SMILES string of the molecule is C[NH+]1CCc2cc(O)c(O)cc2C1. The lowest BCUT2D eigenvalue weighted by molar-refractivity contribution is -0.895. The molecule has 2 rings (SSSR count). The first-order valence-electron chi connectivity index (χ1n) is 4.52. The second-order valence-electron chi connectivity index (χ2n) is 3.74. The Hall–Kier alpha value is -1.22. The van der Waals surface area contributed by atoms with E-state index in [2.05, 4.69) is 7.05 Å². The Morgan fingerprint density at radius 3 is 2.46 bits per heavy atom. The molecule has 1 aromatic rings. The number of phenols is 2. The summed E-state index contributed by atoms with van der Waals surface area (Å²) in [4.78, 5) is 1.44. The van der Waals surface area contributed by atoms with Crippen LogP contribution in [0.1, 0.15) is 11.1 Å². The van der Waals surface area contributed by atoms with Gasteiger partial charge in [-0.3, -0.25) is 0 Å². The van der Waals surface area contributed by atoms with Gasteiger partial charge in [0.2, 0.25) is 0 Å². The molecule has 3 heteroatoms. The number of quaternary nitrogens is 1. The number of aromatic hydroxyl groups is 2. The number of hydrogen-bond acceptors (Lipinski definition) is 2. The van der Waals surface area contributed by atoms with Crippen LogP contribution in [0.3, 0.4) is 0 Å². The van der Waals surface area contributed by atoms with Crippen LogP contribution < -0.4 is 4.90 Å². The fraction of sp³-hybridized carbons (Fsp3) is 0.400. The summed E-state index contributed by atoms with van der Waals surface area (Å²) in [5.41, 5.74) is 2.32. The molecular weight excluding hydrogens is 166 g/mol. The Labute approximate surface area is 77.2 Å². The second-order valence-corrected chi connectivity index (χ2v) is 3.74. The summed E-state index contributed by atoms with van der Waals surface area (Å²) in [6.07, 6.45) is 0.981. The molecule has 0 bridgehead atoms. The largest absolute Gasteiger partial charge is 0.504 e.